The van der Waals surface area contributed by atoms with Crippen LogP contribution < -0.4 is 14.4 Å². The first kappa shape index (κ1) is 13.5. The highest BCUT2D eigenvalue weighted by atomic mass is 32.2. The van der Waals surface area contributed by atoms with Gasteiger partial charge >= 0.3 is 10.0 Å². The molecule has 0 bridgehead atoms. The van der Waals surface area contributed by atoms with Crippen LogP contribution in [0.4, 0.5) is 5.82 Å². The van der Waals surface area contributed by atoms with E-state index in [9.17, 15) is 18.3 Å². The minimum absolute atomic E-state index is 0.0496. The van der Waals surface area contributed by atoms with Crippen molar-refractivity contribution in [1.82, 2.24) is 0 Å². The first-order valence-corrected chi connectivity index (χ1v) is 7.50. The van der Waals surface area contributed by atoms with E-state index >= 15 is 0 Å². The molecule has 0 spiro atoms. The average molecular weight is 298 g/mol. The van der Waals surface area contributed by atoms with E-state index in [2.05, 4.69) is 4.98 Å². The van der Waals surface area contributed by atoms with Gasteiger partial charge < -0.3 is 9.90 Å². The van der Waals surface area contributed by atoms with Crippen LogP contribution in [0.5, 0.6) is 0 Å². The Morgan fingerprint density at radius 1 is 1.42 bits per heavy atom. The number of sulfonamides is 1. The van der Waals surface area contributed by atoms with Gasteiger partial charge in [-0.3, -0.25) is 0 Å². The van der Waals surface area contributed by atoms with Crippen LogP contribution in [0.15, 0.2) is 40.1 Å². The normalized spacial score (nSPS) is 11.2. The van der Waals surface area contributed by atoms with E-state index < -0.39 is 16.0 Å². The SMILES string of the molecule is CN(c1cccc[nH+]1)S(=O)(=O)c1cc(C(=O)[O-])cs1. The Balaban J connectivity index is 2.39. The molecule has 2 aromatic rings. The van der Waals surface area contributed by atoms with Gasteiger partial charge in [0.25, 0.3) is 5.82 Å². The van der Waals surface area contributed by atoms with Crippen molar-refractivity contribution in [2.75, 3.05) is 11.4 Å². The minimum Gasteiger partial charge on any atom is -0.545 e. The van der Waals surface area contributed by atoms with Crippen LogP contribution in [0.1, 0.15) is 10.4 Å². The number of pyridine rings is 1. The number of carboxylic acids is 1. The molecule has 0 atom stereocenters. The summed E-state index contributed by atoms with van der Waals surface area (Å²) < 4.78 is 25.5. The minimum atomic E-state index is -3.78. The molecule has 0 aliphatic carbocycles. The third-order valence-electron chi connectivity index (χ3n) is 2.46. The van der Waals surface area contributed by atoms with E-state index in [1.165, 1.54) is 12.4 Å². The van der Waals surface area contributed by atoms with Crippen molar-refractivity contribution in [3.63, 3.8) is 0 Å². The number of hydrogen-bond donors (Lipinski definition) is 0. The maximum absolute atomic E-state index is 12.3. The van der Waals surface area contributed by atoms with Crippen LogP contribution in [0, 0.1) is 0 Å². The lowest BCUT2D eigenvalue weighted by molar-refractivity contribution is -0.362. The molecule has 0 unspecified atom stereocenters. The van der Waals surface area contributed by atoms with Crippen molar-refractivity contribution in [2.24, 2.45) is 0 Å². The van der Waals surface area contributed by atoms with Gasteiger partial charge in [-0.15, -0.1) is 11.3 Å². The van der Waals surface area contributed by atoms with Gasteiger partial charge in [-0.2, -0.15) is 12.7 Å². The number of carbonyl (C=O) groups is 1. The Hall–Kier alpha value is -1.93. The maximum Gasteiger partial charge on any atom is 0.340 e. The largest absolute Gasteiger partial charge is 0.545 e. The number of rotatable bonds is 4. The zero-order chi connectivity index (χ0) is 14.0. The molecule has 0 aliphatic rings. The summed E-state index contributed by atoms with van der Waals surface area (Å²) in [5.74, 6) is -1.02. The number of carbonyl (C=O) groups excluding carboxylic acids is 1. The molecule has 0 saturated carbocycles. The third kappa shape index (κ3) is 2.59. The van der Waals surface area contributed by atoms with E-state index in [1.54, 1.807) is 24.4 Å². The first-order chi connectivity index (χ1) is 8.93. The smallest absolute Gasteiger partial charge is 0.340 e. The van der Waals surface area contributed by atoms with E-state index in [0.29, 0.717) is 5.82 Å². The number of nitrogens with one attached hydrogen (secondary N) is 1. The fraction of sp³-hybridized carbons (Fsp3) is 0.0909. The molecule has 0 fully saturated rings. The van der Waals surface area contributed by atoms with Crippen LogP contribution in [-0.4, -0.2) is 21.4 Å². The molecule has 0 aliphatic heterocycles. The summed E-state index contributed by atoms with van der Waals surface area (Å²) in [6.07, 6.45) is 1.60. The van der Waals surface area contributed by atoms with Crippen LogP contribution in [-0.2, 0) is 10.0 Å². The van der Waals surface area contributed by atoms with Crippen molar-refractivity contribution in [1.29, 1.82) is 0 Å². The maximum atomic E-state index is 12.3. The summed E-state index contributed by atoms with van der Waals surface area (Å²) in [5, 5.41) is 11.9. The molecule has 6 nitrogen and oxygen atoms in total. The van der Waals surface area contributed by atoms with E-state index in [0.717, 1.165) is 21.7 Å². The van der Waals surface area contributed by atoms with Crippen molar-refractivity contribution in [2.45, 2.75) is 4.21 Å². The molecule has 0 aromatic carbocycles. The number of thiophene rings is 1. The summed E-state index contributed by atoms with van der Waals surface area (Å²) in [6, 6.07) is 6.11. The zero-order valence-corrected chi connectivity index (χ0v) is 11.5. The highest BCUT2D eigenvalue weighted by Crippen LogP contribution is 2.24. The van der Waals surface area contributed by atoms with Gasteiger partial charge in [0.2, 0.25) is 0 Å². The number of carboxylic acid groups (broad SMARTS) is 1. The Morgan fingerprint density at radius 2 is 2.16 bits per heavy atom. The summed E-state index contributed by atoms with van der Waals surface area (Å²) in [5.41, 5.74) is -0.144. The molecule has 0 amide bonds. The molecular weight excluding hydrogens is 288 g/mol. The number of H-pyrrole nitrogens is 1. The Bertz CT molecular complexity index is 694. The lowest BCUT2D eigenvalue weighted by atomic mass is 10.4. The Morgan fingerprint density at radius 3 is 2.68 bits per heavy atom. The van der Waals surface area contributed by atoms with Gasteiger partial charge in [-0.25, -0.2) is 4.98 Å². The molecule has 19 heavy (non-hydrogen) atoms. The van der Waals surface area contributed by atoms with Crippen molar-refractivity contribution >= 4 is 33.1 Å². The lowest BCUT2D eigenvalue weighted by Crippen LogP contribution is -2.30. The Kier molecular flexibility index (Phi) is 3.54. The van der Waals surface area contributed by atoms with Gasteiger partial charge in [-0.05, 0) is 12.1 Å². The van der Waals surface area contributed by atoms with Crippen LogP contribution >= 0.6 is 11.3 Å². The quantitative estimate of drug-likeness (QED) is 0.778. The van der Waals surface area contributed by atoms with E-state index in [1.807, 2.05) is 0 Å². The van der Waals surface area contributed by atoms with Crippen LogP contribution in [0.2, 0.25) is 0 Å². The number of aromatic nitrogens is 1. The van der Waals surface area contributed by atoms with Gasteiger partial charge in [0.15, 0.2) is 4.21 Å². The van der Waals surface area contributed by atoms with E-state index in [-0.39, 0.29) is 9.77 Å². The van der Waals surface area contributed by atoms with Gasteiger partial charge in [-0.1, -0.05) is 6.07 Å². The van der Waals surface area contributed by atoms with Gasteiger partial charge in [0.05, 0.1) is 19.2 Å². The summed E-state index contributed by atoms with van der Waals surface area (Å²) in [7, 11) is -2.39. The van der Waals surface area contributed by atoms with Crippen LogP contribution in [0.3, 0.4) is 0 Å². The van der Waals surface area contributed by atoms with Crippen molar-refractivity contribution in [3.05, 3.63) is 41.4 Å². The molecule has 0 radical (unpaired) electrons. The van der Waals surface area contributed by atoms with E-state index in [4.69, 9.17) is 0 Å². The molecule has 1 N–H and O–H groups in total. The van der Waals surface area contributed by atoms with Gasteiger partial charge in [0.1, 0.15) is 0 Å². The average Bonchev–Trinajstić information content (AvgIpc) is 2.89. The molecule has 8 heteroatoms. The lowest BCUT2D eigenvalue weighted by Gasteiger charge is -2.09. The van der Waals surface area contributed by atoms with Gasteiger partial charge in [0, 0.05) is 17.0 Å². The summed E-state index contributed by atoms with van der Waals surface area (Å²) >= 11 is 0.843. The molecular formula is C11H10N2O4S2. The molecule has 2 rings (SSSR count). The molecule has 2 aromatic heterocycles. The second kappa shape index (κ2) is 4.98. The number of anilines is 1. The summed E-state index contributed by atoms with van der Waals surface area (Å²) in [4.78, 5) is 13.5. The number of aromatic amines is 1. The molecule has 0 saturated heterocycles. The fourth-order valence-corrected chi connectivity index (χ4v) is 3.89. The highest BCUT2D eigenvalue weighted by Gasteiger charge is 2.30. The Labute approximate surface area is 114 Å². The fourth-order valence-electron chi connectivity index (χ4n) is 1.40. The highest BCUT2D eigenvalue weighted by molar-refractivity contribution is 7.94. The second-order valence-corrected chi connectivity index (χ2v) is 6.77. The monoisotopic (exact) mass is 298 g/mol. The van der Waals surface area contributed by atoms with Crippen molar-refractivity contribution in [3.8, 4) is 0 Å². The number of hydrogen-bond acceptors (Lipinski definition) is 5. The summed E-state index contributed by atoms with van der Waals surface area (Å²) in [6.45, 7) is 0. The topological polar surface area (TPSA) is 91.7 Å². The van der Waals surface area contributed by atoms with Crippen LogP contribution in [0.25, 0.3) is 0 Å². The predicted molar refractivity (Wildman–Crippen MR) is 67.2 cm³/mol. The zero-order valence-electron chi connectivity index (χ0n) is 9.86. The second-order valence-electron chi connectivity index (χ2n) is 3.66. The first-order valence-electron chi connectivity index (χ1n) is 5.18. The standard InChI is InChI=1S/C11H10N2O4S2/c1-13(9-4-2-3-5-12-9)19(16,17)10-6-8(7-18-10)11(14)15/h2-7H,1H3,(H,14,15). The third-order valence-corrected chi connectivity index (χ3v) is 5.64. The number of nitrogens with zero attached hydrogens (tertiary/aromatic N) is 1. The molecule has 100 valence electrons. The van der Waals surface area contributed by atoms with Crippen molar-refractivity contribution < 1.29 is 23.3 Å². The predicted octanol–water partition coefficient (Wildman–Crippen LogP) is -0.249. The number of aromatic carboxylic acids is 1. The molecule has 2 heterocycles.